The number of nitrogens with zero attached hydrogens (tertiary/aromatic N) is 2. The van der Waals surface area contributed by atoms with E-state index in [1.807, 2.05) is 41.9 Å². The molecule has 1 N–H and O–H groups in total. The average Bonchev–Trinajstić information content (AvgIpc) is 3.01. The number of anilines is 1. The minimum absolute atomic E-state index is 0.108. The van der Waals surface area contributed by atoms with Gasteiger partial charge in [-0.15, -0.1) is 5.10 Å². The Morgan fingerprint density at radius 3 is 2.56 bits per heavy atom. The molecule has 0 unspecified atom stereocenters. The maximum absolute atomic E-state index is 12.4. The number of hydrogen-bond acceptors (Lipinski definition) is 3. The third-order valence-electron chi connectivity index (χ3n) is 4.46. The van der Waals surface area contributed by atoms with Crippen molar-refractivity contribution < 1.29 is 9.53 Å². The minimum Gasteiger partial charge on any atom is -0.497 e. The van der Waals surface area contributed by atoms with E-state index in [1.54, 1.807) is 7.11 Å². The van der Waals surface area contributed by atoms with Crippen LogP contribution in [0.4, 0.5) is 5.82 Å². The Kier molecular flexibility index (Phi) is 5.60. The molecule has 27 heavy (non-hydrogen) atoms. The van der Waals surface area contributed by atoms with E-state index in [-0.39, 0.29) is 12.3 Å². The SMILES string of the molecule is COc1cccc(CC(=O)Nc2cc(C)n(-c3ccc(C(C)C)cc3)n2)c1. The molecular weight excluding hydrogens is 338 g/mol. The monoisotopic (exact) mass is 363 g/mol. The fraction of sp³-hybridized carbons (Fsp3) is 0.273. The molecule has 0 fully saturated rings. The molecule has 3 aromatic rings. The van der Waals surface area contributed by atoms with Crippen LogP contribution in [0.5, 0.6) is 5.75 Å². The van der Waals surface area contributed by atoms with Crippen molar-refractivity contribution in [1.29, 1.82) is 0 Å². The number of aryl methyl sites for hydroxylation is 1. The number of rotatable bonds is 6. The molecule has 2 aromatic carbocycles. The molecule has 3 rings (SSSR count). The van der Waals surface area contributed by atoms with Gasteiger partial charge in [0.05, 0.1) is 19.2 Å². The van der Waals surface area contributed by atoms with Gasteiger partial charge < -0.3 is 10.1 Å². The van der Waals surface area contributed by atoms with Gasteiger partial charge in [-0.1, -0.05) is 38.1 Å². The lowest BCUT2D eigenvalue weighted by molar-refractivity contribution is -0.115. The zero-order valence-corrected chi connectivity index (χ0v) is 16.2. The first-order chi connectivity index (χ1) is 13.0. The van der Waals surface area contributed by atoms with Crippen LogP contribution in [0, 0.1) is 6.92 Å². The topological polar surface area (TPSA) is 56.1 Å². The number of carbonyl (C=O) groups is 1. The summed E-state index contributed by atoms with van der Waals surface area (Å²) >= 11 is 0. The summed E-state index contributed by atoms with van der Waals surface area (Å²) in [7, 11) is 1.61. The Labute approximate surface area is 160 Å². The van der Waals surface area contributed by atoms with Crippen LogP contribution >= 0.6 is 0 Å². The summed E-state index contributed by atoms with van der Waals surface area (Å²) in [5.41, 5.74) is 4.12. The van der Waals surface area contributed by atoms with Crippen molar-refractivity contribution in [2.24, 2.45) is 0 Å². The van der Waals surface area contributed by atoms with Crippen LogP contribution < -0.4 is 10.1 Å². The molecule has 1 aromatic heterocycles. The van der Waals surface area contributed by atoms with Gasteiger partial charge in [0.25, 0.3) is 0 Å². The fourth-order valence-electron chi connectivity index (χ4n) is 2.95. The number of ether oxygens (including phenoxy) is 1. The highest BCUT2D eigenvalue weighted by Gasteiger charge is 2.11. The summed E-state index contributed by atoms with van der Waals surface area (Å²) in [5, 5.41) is 7.41. The second-order valence-electron chi connectivity index (χ2n) is 6.91. The third-order valence-corrected chi connectivity index (χ3v) is 4.46. The molecule has 0 atom stereocenters. The van der Waals surface area contributed by atoms with Crippen molar-refractivity contribution in [3.05, 3.63) is 71.4 Å². The second kappa shape index (κ2) is 8.08. The summed E-state index contributed by atoms with van der Waals surface area (Å²) in [6.07, 6.45) is 0.270. The minimum atomic E-state index is -0.108. The quantitative estimate of drug-likeness (QED) is 0.702. The molecule has 0 bridgehead atoms. The van der Waals surface area contributed by atoms with E-state index in [9.17, 15) is 4.79 Å². The standard InChI is InChI=1S/C22H25N3O2/c1-15(2)18-8-10-19(11-9-18)25-16(3)12-21(24-25)23-22(26)14-17-6-5-7-20(13-17)27-4/h5-13,15H,14H2,1-4H3,(H,23,24,26). The molecule has 0 saturated carbocycles. The molecular formula is C22H25N3O2. The first kappa shape index (κ1) is 18.7. The van der Waals surface area contributed by atoms with Gasteiger partial charge in [-0.2, -0.15) is 0 Å². The number of aromatic nitrogens is 2. The molecule has 5 heteroatoms. The Hall–Kier alpha value is -3.08. The number of carbonyl (C=O) groups excluding carboxylic acids is 1. The summed E-state index contributed by atoms with van der Waals surface area (Å²) in [4.78, 5) is 12.4. The molecule has 0 saturated heterocycles. The first-order valence-electron chi connectivity index (χ1n) is 9.06. The van der Waals surface area contributed by atoms with Gasteiger partial charge in [-0.25, -0.2) is 4.68 Å². The van der Waals surface area contributed by atoms with Gasteiger partial charge in [-0.3, -0.25) is 4.79 Å². The van der Waals surface area contributed by atoms with E-state index >= 15 is 0 Å². The van der Waals surface area contributed by atoms with Crippen LogP contribution in [0.2, 0.25) is 0 Å². The molecule has 1 amide bonds. The van der Waals surface area contributed by atoms with E-state index in [4.69, 9.17) is 4.74 Å². The smallest absolute Gasteiger partial charge is 0.229 e. The number of methoxy groups -OCH3 is 1. The summed E-state index contributed by atoms with van der Waals surface area (Å²) in [5.74, 6) is 1.67. The maximum atomic E-state index is 12.4. The molecule has 0 radical (unpaired) electrons. The van der Waals surface area contributed by atoms with Gasteiger partial charge in [-0.05, 0) is 48.2 Å². The van der Waals surface area contributed by atoms with Crippen molar-refractivity contribution in [3.63, 3.8) is 0 Å². The van der Waals surface area contributed by atoms with Crippen molar-refractivity contribution in [3.8, 4) is 11.4 Å². The van der Waals surface area contributed by atoms with E-state index in [0.717, 1.165) is 22.7 Å². The Balaban J connectivity index is 1.71. The second-order valence-corrected chi connectivity index (χ2v) is 6.91. The van der Waals surface area contributed by atoms with E-state index < -0.39 is 0 Å². The zero-order chi connectivity index (χ0) is 19.4. The van der Waals surface area contributed by atoms with Gasteiger partial charge in [0.15, 0.2) is 5.82 Å². The van der Waals surface area contributed by atoms with Crippen LogP contribution in [0.25, 0.3) is 5.69 Å². The van der Waals surface area contributed by atoms with Gasteiger partial charge in [0, 0.05) is 11.8 Å². The van der Waals surface area contributed by atoms with Crippen molar-refractivity contribution in [1.82, 2.24) is 9.78 Å². The lowest BCUT2D eigenvalue weighted by atomic mass is 10.0. The lowest BCUT2D eigenvalue weighted by Gasteiger charge is -2.08. The molecule has 0 aliphatic carbocycles. The molecule has 0 aliphatic heterocycles. The largest absolute Gasteiger partial charge is 0.497 e. The first-order valence-corrected chi connectivity index (χ1v) is 9.06. The predicted molar refractivity (Wildman–Crippen MR) is 108 cm³/mol. The van der Waals surface area contributed by atoms with E-state index in [2.05, 4.69) is 48.5 Å². The van der Waals surface area contributed by atoms with Gasteiger partial charge in [0.1, 0.15) is 5.75 Å². The maximum Gasteiger partial charge on any atom is 0.229 e. The zero-order valence-electron chi connectivity index (χ0n) is 16.2. The van der Waals surface area contributed by atoms with Gasteiger partial charge in [0.2, 0.25) is 5.91 Å². The predicted octanol–water partition coefficient (Wildman–Crippen LogP) is 4.49. The normalized spacial score (nSPS) is 10.9. The highest BCUT2D eigenvalue weighted by Crippen LogP contribution is 2.20. The van der Waals surface area contributed by atoms with Crippen LogP contribution in [0.15, 0.2) is 54.6 Å². The van der Waals surface area contributed by atoms with Crippen molar-refractivity contribution in [2.45, 2.75) is 33.1 Å². The number of amides is 1. The molecule has 0 aliphatic rings. The van der Waals surface area contributed by atoms with Crippen molar-refractivity contribution >= 4 is 11.7 Å². The Morgan fingerprint density at radius 2 is 1.89 bits per heavy atom. The summed E-state index contributed by atoms with van der Waals surface area (Å²) in [6, 6.07) is 17.7. The third kappa shape index (κ3) is 4.56. The molecule has 140 valence electrons. The van der Waals surface area contributed by atoms with E-state index in [1.165, 1.54) is 5.56 Å². The number of hydrogen-bond donors (Lipinski definition) is 1. The lowest BCUT2D eigenvalue weighted by Crippen LogP contribution is -2.15. The average molecular weight is 363 g/mol. The number of benzene rings is 2. The van der Waals surface area contributed by atoms with Crippen LogP contribution in [-0.4, -0.2) is 22.8 Å². The molecule has 1 heterocycles. The number of nitrogens with one attached hydrogen (secondary N) is 1. The van der Waals surface area contributed by atoms with Crippen molar-refractivity contribution in [2.75, 3.05) is 12.4 Å². The Morgan fingerprint density at radius 1 is 1.15 bits per heavy atom. The van der Waals surface area contributed by atoms with Crippen LogP contribution in [0.1, 0.15) is 36.6 Å². The van der Waals surface area contributed by atoms with Crippen LogP contribution in [-0.2, 0) is 11.2 Å². The highest BCUT2D eigenvalue weighted by atomic mass is 16.5. The summed E-state index contributed by atoms with van der Waals surface area (Å²) < 4.78 is 7.04. The summed E-state index contributed by atoms with van der Waals surface area (Å²) in [6.45, 7) is 6.31. The molecule has 0 spiro atoms. The van der Waals surface area contributed by atoms with Gasteiger partial charge >= 0.3 is 0 Å². The Bertz CT molecular complexity index is 927. The van der Waals surface area contributed by atoms with Crippen LogP contribution in [0.3, 0.4) is 0 Å². The highest BCUT2D eigenvalue weighted by molar-refractivity contribution is 5.91. The molecule has 5 nitrogen and oxygen atoms in total. The van der Waals surface area contributed by atoms with E-state index in [0.29, 0.717) is 11.7 Å². The fourth-order valence-corrected chi connectivity index (χ4v) is 2.95.